The number of carbonyl (C=O) groups is 1. The maximum absolute atomic E-state index is 11.4. The van der Waals surface area contributed by atoms with E-state index < -0.39 is 11.5 Å². The van der Waals surface area contributed by atoms with Crippen LogP contribution in [-0.4, -0.2) is 62.4 Å². The molecule has 1 aliphatic heterocycles. The molecule has 3 aromatic carbocycles. The number of anilines is 1. The number of primary amides is 1. The van der Waals surface area contributed by atoms with E-state index in [1.165, 1.54) is 0 Å². The van der Waals surface area contributed by atoms with Crippen molar-refractivity contribution in [1.29, 1.82) is 0 Å². The minimum Gasteiger partial charge on any atom is -0.491 e. The number of benzene rings is 3. The van der Waals surface area contributed by atoms with Crippen molar-refractivity contribution in [3.05, 3.63) is 93.5 Å². The van der Waals surface area contributed by atoms with Crippen LogP contribution in [0, 0.1) is 0 Å². The second-order valence-corrected chi connectivity index (χ2v) is 10.5. The Bertz CT molecular complexity index is 1240. The second kappa shape index (κ2) is 12.4. The van der Waals surface area contributed by atoms with Crippen molar-refractivity contribution in [1.82, 2.24) is 4.90 Å². The highest BCUT2D eigenvalue weighted by atomic mass is 35.5. The Morgan fingerprint density at radius 1 is 1.05 bits per heavy atom. The van der Waals surface area contributed by atoms with Gasteiger partial charge in [-0.25, -0.2) is 0 Å². The maximum Gasteiger partial charge on any atom is 0.248 e. The minimum absolute atomic E-state index is 0.0215. The Morgan fingerprint density at radius 3 is 2.39 bits per heavy atom. The molecule has 38 heavy (non-hydrogen) atoms. The molecule has 1 fully saturated rings. The highest BCUT2D eigenvalue weighted by Crippen LogP contribution is 2.38. The highest BCUT2D eigenvalue weighted by molar-refractivity contribution is 6.33. The van der Waals surface area contributed by atoms with Gasteiger partial charge in [0.1, 0.15) is 12.4 Å². The molecule has 2 atom stereocenters. The number of nitrogens with two attached hydrogens (primary N) is 1. The molecule has 1 aliphatic rings. The molecule has 9 heteroatoms. The lowest BCUT2D eigenvalue weighted by molar-refractivity contribution is 0.0103. The van der Waals surface area contributed by atoms with Gasteiger partial charge in [0.2, 0.25) is 5.91 Å². The van der Waals surface area contributed by atoms with Crippen LogP contribution in [-0.2, 0) is 10.3 Å². The number of halogens is 2. The van der Waals surface area contributed by atoms with Gasteiger partial charge < -0.3 is 25.2 Å². The van der Waals surface area contributed by atoms with Gasteiger partial charge in [0, 0.05) is 49.9 Å². The molecule has 0 unspecified atom stereocenters. The summed E-state index contributed by atoms with van der Waals surface area (Å²) in [6, 6.07) is 20.3. The fraction of sp³-hybridized carbons (Fsp3) is 0.345. The zero-order valence-corrected chi connectivity index (χ0v) is 23.1. The van der Waals surface area contributed by atoms with E-state index in [0.717, 1.165) is 23.4 Å². The number of piperazine rings is 1. The molecule has 0 bridgehead atoms. The zero-order chi connectivity index (χ0) is 27.3. The van der Waals surface area contributed by atoms with Gasteiger partial charge in [-0.3, -0.25) is 9.69 Å². The van der Waals surface area contributed by atoms with Crippen LogP contribution in [0.25, 0.3) is 0 Å². The average molecular weight is 559 g/mol. The van der Waals surface area contributed by atoms with Crippen molar-refractivity contribution < 1.29 is 19.4 Å². The molecule has 4 rings (SSSR count). The number of ether oxygens (including phenoxy) is 2. The molecule has 1 heterocycles. The SMILES string of the molecule is COCCOc1ccc(N2CCN(C[C@](C)(O)c3ccc(C(N)=O)cc3)C[C@H]2c2ccc(Cl)cc2)c(Cl)c1. The number of rotatable bonds is 10. The number of amides is 1. The maximum atomic E-state index is 11.4. The molecule has 3 aromatic rings. The quantitative estimate of drug-likeness (QED) is 0.345. The lowest BCUT2D eigenvalue weighted by Crippen LogP contribution is -2.52. The number of nitrogens with zero attached hydrogens (tertiary/aromatic N) is 2. The fourth-order valence-corrected chi connectivity index (χ4v) is 5.22. The standard InChI is InChI=1S/C29H33Cl2N3O4/c1-29(36,22-7-3-21(4-8-22)28(32)35)19-33-13-14-34(27(18-33)20-5-9-23(30)10-6-20)26-12-11-24(17-25(26)31)38-16-15-37-2/h3-12,17,27,36H,13-16,18-19H2,1-2H3,(H2,32,35)/t27-,29-/m0/s1. The molecule has 0 aromatic heterocycles. The van der Waals surface area contributed by atoms with E-state index in [1.807, 2.05) is 42.5 Å². The van der Waals surface area contributed by atoms with Crippen molar-refractivity contribution in [2.75, 3.05) is 51.4 Å². The summed E-state index contributed by atoms with van der Waals surface area (Å²) in [6.45, 7) is 5.24. The topological polar surface area (TPSA) is 88.3 Å². The molecule has 202 valence electrons. The zero-order valence-electron chi connectivity index (χ0n) is 21.6. The Balaban J connectivity index is 1.56. The summed E-state index contributed by atoms with van der Waals surface area (Å²) >= 11 is 12.9. The van der Waals surface area contributed by atoms with Gasteiger partial charge in [0.25, 0.3) is 0 Å². The third-order valence-electron chi connectivity index (χ3n) is 6.83. The molecule has 0 radical (unpaired) electrons. The molecule has 0 spiro atoms. The van der Waals surface area contributed by atoms with E-state index in [4.69, 9.17) is 38.4 Å². The van der Waals surface area contributed by atoms with Gasteiger partial charge in [-0.2, -0.15) is 0 Å². The molecule has 3 N–H and O–H groups in total. The Labute approximate surface area is 233 Å². The summed E-state index contributed by atoms with van der Waals surface area (Å²) in [5, 5.41) is 12.7. The van der Waals surface area contributed by atoms with E-state index in [1.54, 1.807) is 38.3 Å². The van der Waals surface area contributed by atoms with Crippen molar-refractivity contribution in [3.8, 4) is 5.75 Å². The molecule has 0 aliphatic carbocycles. The van der Waals surface area contributed by atoms with Crippen LogP contribution < -0.4 is 15.4 Å². The number of hydrogen-bond acceptors (Lipinski definition) is 6. The largest absolute Gasteiger partial charge is 0.491 e. The van der Waals surface area contributed by atoms with E-state index in [0.29, 0.717) is 54.2 Å². The highest BCUT2D eigenvalue weighted by Gasteiger charge is 2.34. The second-order valence-electron chi connectivity index (χ2n) is 9.67. The fourth-order valence-electron chi connectivity index (χ4n) is 4.82. The smallest absolute Gasteiger partial charge is 0.248 e. The first-order valence-corrected chi connectivity index (χ1v) is 13.2. The van der Waals surface area contributed by atoms with Crippen LogP contribution in [0.2, 0.25) is 10.0 Å². The third kappa shape index (κ3) is 6.79. The number of aliphatic hydroxyl groups is 1. The number of β-amino-alcohol motifs (C(OH)–C–C–N with tert-alkyl or cyclic N) is 1. The van der Waals surface area contributed by atoms with Gasteiger partial charge in [0.15, 0.2) is 0 Å². The lowest BCUT2D eigenvalue weighted by Gasteiger charge is -2.45. The first-order chi connectivity index (χ1) is 18.2. The predicted molar refractivity (Wildman–Crippen MR) is 151 cm³/mol. The average Bonchev–Trinajstić information content (AvgIpc) is 2.89. The Kier molecular flexibility index (Phi) is 9.18. The molecule has 1 saturated heterocycles. The number of carbonyl (C=O) groups excluding carboxylic acids is 1. The normalized spacial score (nSPS) is 17.7. The lowest BCUT2D eigenvalue weighted by atomic mass is 9.93. The van der Waals surface area contributed by atoms with Crippen molar-refractivity contribution >= 4 is 34.8 Å². The van der Waals surface area contributed by atoms with E-state index >= 15 is 0 Å². The molecular formula is C29H33Cl2N3O4. The van der Waals surface area contributed by atoms with E-state index in [-0.39, 0.29) is 6.04 Å². The molecule has 1 amide bonds. The molecular weight excluding hydrogens is 525 g/mol. The molecule has 7 nitrogen and oxygen atoms in total. The van der Waals surface area contributed by atoms with Crippen LogP contribution in [0.3, 0.4) is 0 Å². The summed E-state index contributed by atoms with van der Waals surface area (Å²) in [7, 11) is 1.63. The van der Waals surface area contributed by atoms with Gasteiger partial charge in [-0.15, -0.1) is 0 Å². The minimum atomic E-state index is -1.12. The van der Waals surface area contributed by atoms with Gasteiger partial charge in [-0.05, 0) is 54.4 Å². The summed E-state index contributed by atoms with van der Waals surface area (Å²) < 4.78 is 10.8. The third-order valence-corrected chi connectivity index (χ3v) is 7.38. The van der Waals surface area contributed by atoms with Crippen LogP contribution in [0.15, 0.2) is 66.7 Å². The van der Waals surface area contributed by atoms with E-state index in [9.17, 15) is 9.90 Å². The number of hydrogen-bond donors (Lipinski definition) is 2. The molecule has 0 saturated carbocycles. The predicted octanol–water partition coefficient (Wildman–Crippen LogP) is 4.89. The van der Waals surface area contributed by atoms with Crippen molar-refractivity contribution in [2.24, 2.45) is 5.73 Å². The van der Waals surface area contributed by atoms with Crippen LogP contribution in [0.4, 0.5) is 5.69 Å². The van der Waals surface area contributed by atoms with Crippen molar-refractivity contribution in [2.45, 2.75) is 18.6 Å². The van der Waals surface area contributed by atoms with Crippen molar-refractivity contribution in [3.63, 3.8) is 0 Å². The summed E-state index contributed by atoms with van der Waals surface area (Å²) in [5.74, 6) is 0.197. The summed E-state index contributed by atoms with van der Waals surface area (Å²) in [5.41, 5.74) is 7.39. The van der Waals surface area contributed by atoms with Crippen LogP contribution in [0.5, 0.6) is 5.75 Å². The van der Waals surface area contributed by atoms with Gasteiger partial charge in [-0.1, -0.05) is 47.5 Å². The van der Waals surface area contributed by atoms with Gasteiger partial charge in [0.05, 0.1) is 29.0 Å². The first kappa shape index (κ1) is 28.2. The summed E-state index contributed by atoms with van der Waals surface area (Å²) in [6.07, 6.45) is 0. The summed E-state index contributed by atoms with van der Waals surface area (Å²) in [4.78, 5) is 16.0. The number of methoxy groups -OCH3 is 1. The monoisotopic (exact) mass is 557 g/mol. The van der Waals surface area contributed by atoms with Crippen LogP contribution in [0.1, 0.15) is 34.5 Å². The first-order valence-electron chi connectivity index (χ1n) is 12.5. The Morgan fingerprint density at radius 2 is 1.76 bits per heavy atom. The van der Waals surface area contributed by atoms with Crippen LogP contribution >= 0.6 is 23.2 Å². The Hall–Kier alpha value is -2.81. The van der Waals surface area contributed by atoms with E-state index in [2.05, 4.69) is 9.80 Å². The van der Waals surface area contributed by atoms with Gasteiger partial charge >= 0.3 is 0 Å².